The molecule has 1 fully saturated rings. The second kappa shape index (κ2) is 6.97. The van der Waals surface area contributed by atoms with Crippen molar-refractivity contribution in [3.05, 3.63) is 33.8 Å². The molecule has 1 N–H and O–H groups in total. The second-order valence-corrected chi connectivity index (χ2v) is 6.52. The lowest BCUT2D eigenvalue weighted by molar-refractivity contribution is 0.351. The van der Waals surface area contributed by atoms with E-state index in [1.165, 1.54) is 24.8 Å². The fraction of sp³-hybridized carbons (Fsp3) is 0.625. The first-order chi connectivity index (χ1) is 9.11. The summed E-state index contributed by atoms with van der Waals surface area (Å²) in [6.07, 6.45) is 4.93. The van der Waals surface area contributed by atoms with Crippen molar-refractivity contribution < 1.29 is 0 Å². The Bertz CT molecular complexity index is 419. The van der Waals surface area contributed by atoms with Crippen molar-refractivity contribution in [1.29, 1.82) is 0 Å². The molecule has 1 saturated carbocycles. The van der Waals surface area contributed by atoms with Gasteiger partial charge in [0.25, 0.3) is 0 Å². The number of halogens is 2. The van der Waals surface area contributed by atoms with Crippen molar-refractivity contribution >= 4 is 23.2 Å². The Hall–Kier alpha value is -0.240. The Morgan fingerprint density at radius 1 is 1.21 bits per heavy atom. The van der Waals surface area contributed by atoms with Crippen LogP contribution in [0.1, 0.15) is 38.7 Å². The van der Waals surface area contributed by atoms with Crippen molar-refractivity contribution in [2.24, 2.45) is 11.8 Å². The smallest absolute Gasteiger partial charge is 0.0595 e. The normalized spacial score (nSPS) is 26.8. The third-order valence-electron chi connectivity index (χ3n) is 4.37. The van der Waals surface area contributed by atoms with Gasteiger partial charge in [0.15, 0.2) is 0 Å². The van der Waals surface area contributed by atoms with E-state index in [1.54, 1.807) is 0 Å². The van der Waals surface area contributed by atoms with Gasteiger partial charge in [-0.05, 0) is 61.8 Å². The maximum Gasteiger partial charge on any atom is 0.0595 e. The Morgan fingerprint density at radius 2 is 2.00 bits per heavy atom. The molecule has 3 heteroatoms. The average molecular weight is 300 g/mol. The number of rotatable bonds is 5. The highest BCUT2D eigenvalue weighted by Crippen LogP contribution is 2.35. The Kier molecular flexibility index (Phi) is 5.56. The van der Waals surface area contributed by atoms with Crippen molar-refractivity contribution in [2.75, 3.05) is 6.54 Å². The Morgan fingerprint density at radius 3 is 2.68 bits per heavy atom. The van der Waals surface area contributed by atoms with Gasteiger partial charge in [-0.2, -0.15) is 0 Å². The number of benzene rings is 1. The minimum absolute atomic E-state index is 0.646. The van der Waals surface area contributed by atoms with Crippen LogP contribution in [-0.4, -0.2) is 12.6 Å². The summed E-state index contributed by atoms with van der Waals surface area (Å²) in [6, 6.07) is 6.72. The molecule has 1 nitrogen and oxygen atoms in total. The highest BCUT2D eigenvalue weighted by molar-refractivity contribution is 6.42. The van der Waals surface area contributed by atoms with Gasteiger partial charge in [-0.15, -0.1) is 0 Å². The molecule has 1 aliphatic rings. The van der Waals surface area contributed by atoms with Gasteiger partial charge >= 0.3 is 0 Å². The zero-order valence-electron chi connectivity index (χ0n) is 11.8. The molecule has 0 heterocycles. The third-order valence-corrected chi connectivity index (χ3v) is 5.10. The molecule has 1 aromatic carbocycles. The van der Waals surface area contributed by atoms with E-state index in [2.05, 4.69) is 25.2 Å². The molecule has 1 aromatic rings. The molecule has 0 radical (unpaired) electrons. The first-order valence-corrected chi connectivity index (χ1v) is 8.04. The van der Waals surface area contributed by atoms with E-state index < -0.39 is 0 Å². The van der Waals surface area contributed by atoms with Crippen LogP contribution in [0, 0.1) is 11.8 Å². The summed E-state index contributed by atoms with van der Waals surface area (Å²) in [4.78, 5) is 0. The molecule has 2 rings (SSSR count). The predicted octanol–water partition coefficient (Wildman–Crippen LogP) is 4.95. The molecule has 3 atom stereocenters. The van der Waals surface area contributed by atoms with E-state index in [1.807, 2.05) is 12.1 Å². The Labute approximate surface area is 126 Å². The molecule has 3 unspecified atom stereocenters. The second-order valence-electron chi connectivity index (χ2n) is 5.71. The molecule has 0 spiro atoms. The lowest BCUT2D eigenvalue weighted by Gasteiger charge is -2.22. The molecular formula is C16H23Cl2N. The van der Waals surface area contributed by atoms with Crippen LogP contribution < -0.4 is 5.32 Å². The van der Waals surface area contributed by atoms with Crippen molar-refractivity contribution in [2.45, 2.75) is 45.6 Å². The number of hydrogen-bond donors (Lipinski definition) is 1. The molecule has 0 amide bonds. The summed E-state index contributed by atoms with van der Waals surface area (Å²) in [6.45, 7) is 5.73. The fourth-order valence-electron chi connectivity index (χ4n) is 3.12. The van der Waals surface area contributed by atoms with Gasteiger partial charge in [-0.3, -0.25) is 0 Å². The van der Waals surface area contributed by atoms with Gasteiger partial charge in [0.05, 0.1) is 10.0 Å². The minimum atomic E-state index is 0.646. The van der Waals surface area contributed by atoms with E-state index >= 15 is 0 Å². The number of nitrogens with one attached hydrogen (secondary N) is 1. The SMILES string of the molecule is CCCNC1CCC(Cc2ccc(Cl)c(Cl)c2)C1C. The van der Waals surface area contributed by atoms with Crippen LogP contribution in [0.15, 0.2) is 18.2 Å². The first kappa shape index (κ1) is 15.2. The van der Waals surface area contributed by atoms with Crippen LogP contribution in [0.3, 0.4) is 0 Å². The van der Waals surface area contributed by atoms with Gasteiger partial charge in [0.1, 0.15) is 0 Å². The first-order valence-electron chi connectivity index (χ1n) is 7.29. The highest BCUT2D eigenvalue weighted by atomic mass is 35.5. The maximum absolute atomic E-state index is 6.09. The van der Waals surface area contributed by atoms with Crippen LogP contribution in [0.4, 0.5) is 0 Å². The van der Waals surface area contributed by atoms with Gasteiger partial charge in [-0.25, -0.2) is 0 Å². The summed E-state index contributed by atoms with van der Waals surface area (Å²) < 4.78 is 0. The molecule has 19 heavy (non-hydrogen) atoms. The van der Waals surface area contributed by atoms with Crippen LogP contribution in [0.5, 0.6) is 0 Å². The summed E-state index contributed by atoms with van der Waals surface area (Å²) in [5.74, 6) is 1.49. The predicted molar refractivity (Wildman–Crippen MR) is 84.1 cm³/mol. The topological polar surface area (TPSA) is 12.0 Å². The van der Waals surface area contributed by atoms with E-state index in [-0.39, 0.29) is 0 Å². The van der Waals surface area contributed by atoms with Crippen LogP contribution in [0.25, 0.3) is 0 Å². The standard InChI is InChI=1S/C16H23Cl2N/c1-3-8-19-16-7-5-13(11(16)2)9-12-4-6-14(17)15(18)10-12/h4,6,10-11,13,16,19H,3,5,7-9H2,1-2H3. The summed E-state index contributed by atoms with van der Waals surface area (Å²) >= 11 is 12.1. The Balaban J connectivity index is 1.94. The summed E-state index contributed by atoms with van der Waals surface area (Å²) in [5.41, 5.74) is 1.31. The molecular weight excluding hydrogens is 277 g/mol. The van der Waals surface area contributed by atoms with Crippen molar-refractivity contribution in [1.82, 2.24) is 5.32 Å². The van der Waals surface area contributed by atoms with Gasteiger partial charge in [0, 0.05) is 6.04 Å². The molecule has 0 aromatic heterocycles. The number of hydrogen-bond acceptors (Lipinski definition) is 1. The molecule has 1 aliphatic carbocycles. The average Bonchev–Trinajstić information content (AvgIpc) is 2.73. The molecule has 106 valence electrons. The van der Waals surface area contributed by atoms with Gasteiger partial charge < -0.3 is 5.32 Å². The molecule has 0 bridgehead atoms. The lowest BCUT2D eigenvalue weighted by Crippen LogP contribution is -2.33. The highest BCUT2D eigenvalue weighted by Gasteiger charge is 2.32. The minimum Gasteiger partial charge on any atom is -0.314 e. The van der Waals surface area contributed by atoms with Crippen LogP contribution >= 0.6 is 23.2 Å². The summed E-state index contributed by atoms with van der Waals surface area (Å²) in [7, 11) is 0. The van der Waals surface area contributed by atoms with E-state index in [4.69, 9.17) is 23.2 Å². The lowest BCUT2D eigenvalue weighted by atomic mass is 9.89. The molecule has 0 aliphatic heterocycles. The largest absolute Gasteiger partial charge is 0.314 e. The van der Waals surface area contributed by atoms with E-state index in [0.717, 1.165) is 24.8 Å². The zero-order chi connectivity index (χ0) is 13.8. The van der Waals surface area contributed by atoms with Crippen LogP contribution in [0.2, 0.25) is 10.0 Å². The van der Waals surface area contributed by atoms with Gasteiger partial charge in [-0.1, -0.05) is 43.1 Å². The maximum atomic E-state index is 6.09. The molecule has 0 saturated heterocycles. The van der Waals surface area contributed by atoms with Crippen molar-refractivity contribution in [3.8, 4) is 0 Å². The quantitative estimate of drug-likeness (QED) is 0.811. The van der Waals surface area contributed by atoms with Crippen molar-refractivity contribution in [3.63, 3.8) is 0 Å². The zero-order valence-corrected chi connectivity index (χ0v) is 13.3. The van der Waals surface area contributed by atoms with E-state index in [0.29, 0.717) is 16.1 Å². The third kappa shape index (κ3) is 3.87. The van der Waals surface area contributed by atoms with E-state index in [9.17, 15) is 0 Å². The van der Waals surface area contributed by atoms with Gasteiger partial charge in [0.2, 0.25) is 0 Å². The summed E-state index contributed by atoms with van der Waals surface area (Å²) in [5, 5.41) is 4.99. The van der Waals surface area contributed by atoms with Crippen LogP contribution in [-0.2, 0) is 6.42 Å². The monoisotopic (exact) mass is 299 g/mol. The fourth-order valence-corrected chi connectivity index (χ4v) is 3.44.